The predicted octanol–water partition coefficient (Wildman–Crippen LogP) is 3.04. The third-order valence-corrected chi connectivity index (χ3v) is 4.87. The van der Waals surface area contributed by atoms with E-state index in [4.69, 9.17) is 0 Å². The first-order chi connectivity index (χ1) is 11.3. The van der Waals surface area contributed by atoms with Crippen LogP contribution in [-0.2, 0) is 21.1 Å². The van der Waals surface area contributed by atoms with Crippen LogP contribution in [0.25, 0.3) is 0 Å². The molecule has 1 atom stereocenters. The van der Waals surface area contributed by atoms with Crippen LogP contribution in [0.3, 0.4) is 0 Å². The van der Waals surface area contributed by atoms with Crippen LogP contribution in [0.15, 0.2) is 53.4 Å². The number of carbonyl (C=O) groups is 1. The molecule has 24 heavy (non-hydrogen) atoms. The third-order valence-electron chi connectivity index (χ3n) is 3.74. The van der Waals surface area contributed by atoms with Gasteiger partial charge in [0.05, 0.1) is 10.9 Å². The molecule has 0 radical (unpaired) electrons. The van der Waals surface area contributed by atoms with E-state index in [1.807, 2.05) is 6.92 Å². The zero-order valence-corrected chi connectivity index (χ0v) is 14.4. The summed E-state index contributed by atoms with van der Waals surface area (Å²) < 4.78 is 35.7. The van der Waals surface area contributed by atoms with Crippen molar-refractivity contribution in [2.45, 2.75) is 30.7 Å². The first-order valence-corrected chi connectivity index (χ1v) is 9.48. The van der Waals surface area contributed by atoms with Crippen molar-refractivity contribution in [3.05, 3.63) is 65.5 Å². The fraction of sp³-hybridized carbons (Fsp3) is 0.278. The number of hydrogen-bond acceptors (Lipinski definition) is 3. The Morgan fingerprint density at radius 2 is 1.67 bits per heavy atom. The van der Waals surface area contributed by atoms with E-state index in [-0.39, 0.29) is 22.7 Å². The number of halogens is 1. The molecular weight excluding hydrogens is 329 g/mol. The van der Waals surface area contributed by atoms with Gasteiger partial charge in [-0.1, -0.05) is 24.3 Å². The molecular formula is C18H20FNO3S. The summed E-state index contributed by atoms with van der Waals surface area (Å²) in [5, 5.41) is 2.87. The Morgan fingerprint density at radius 1 is 1.08 bits per heavy atom. The number of sulfone groups is 1. The Kier molecular flexibility index (Phi) is 5.72. The number of amides is 1. The minimum Gasteiger partial charge on any atom is -0.350 e. The zero-order chi connectivity index (χ0) is 17.7. The predicted molar refractivity (Wildman–Crippen MR) is 90.8 cm³/mol. The molecule has 0 spiro atoms. The number of aryl methyl sites for hydroxylation is 1. The second-order valence-electron chi connectivity index (χ2n) is 5.76. The smallest absolute Gasteiger partial charge is 0.220 e. The maximum Gasteiger partial charge on any atom is 0.220 e. The van der Waals surface area contributed by atoms with Gasteiger partial charge in [-0.05, 0) is 48.7 Å². The highest BCUT2D eigenvalue weighted by Crippen LogP contribution is 2.16. The molecule has 2 aromatic rings. The van der Waals surface area contributed by atoms with Gasteiger partial charge in [-0.3, -0.25) is 4.79 Å². The van der Waals surface area contributed by atoms with Gasteiger partial charge in [-0.2, -0.15) is 0 Å². The highest BCUT2D eigenvalue weighted by Gasteiger charge is 2.12. The van der Waals surface area contributed by atoms with Crippen LogP contribution in [0.2, 0.25) is 0 Å². The van der Waals surface area contributed by atoms with Crippen molar-refractivity contribution in [2.75, 3.05) is 6.26 Å². The minimum atomic E-state index is -3.22. The summed E-state index contributed by atoms with van der Waals surface area (Å²) in [6.07, 6.45) is 1.99. The Morgan fingerprint density at radius 3 is 2.21 bits per heavy atom. The average Bonchev–Trinajstić information content (AvgIpc) is 2.53. The Balaban J connectivity index is 1.90. The van der Waals surface area contributed by atoms with Crippen molar-refractivity contribution < 1.29 is 17.6 Å². The Bertz CT molecular complexity index is 799. The first-order valence-electron chi connectivity index (χ1n) is 7.59. The average molecular weight is 349 g/mol. The largest absolute Gasteiger partial charge is 0.350 e. The molecule has 0 saturated heterocycles. The molecule has 0 saturated carbocycles. The van der Waals surface area contributed by atoms with E-state index in [0.29, 0.717) is 12.8 Å². The zero-order valence-electron chi connectivity index (χ0n) is 13.6. The molecule has 0 unspecified atom stereocenters. The summed E-state index contributed by atoms with van der Waals surface area (Å²) in [7, 11) is -3.22. The highest BCUT2D eigenvalue weighted by atomic mass is 32.2. The molecule has 4 nitrogen and oxygen atoms in total. The second-order valence-corrected chi connectivity index (χ2v) is 7.77. The molecule has 128 valence electrons. The molecule has 0 fully saturated rings. The fourth-order valence-electron chi connectivity index (χ4n) is 2.31. The van der Waals surface area contributed by atoms with Crippen molar-refractivity contribution >= 4 is 15.7 Å². The normalized spacial score (nSPS) is 12.6. The SMILES string of the molecule is C[C@@H](NC(=O)CCc1ccc(F)cc1)c1ccc(S(C)(=O)=O)cc1. The van der Waals surface area contributed by atoms with Gasteiger partial charge < -0.3 is 5.32 Å². The van der Waals surface area contributed by atoms with Crippen molar-refractivity contribution in [1.29, 1.82) is 0 Å². The van der Waals surface area contributed by atoms with Gasteiger partial charge >= 0.3 is 0 Å². The maximum absolute atomic E-state index is 12.8. The van der Waals surface area contributed by atoms with Crippen molar-refractivity contribution in [3.63, 3.8) is 0 Å². The van der Waals surface area contributed by atoms with Gasteiger partial charge in [-0.25, -0.2) is 12.8 Å². The monoisotopic (exact) mass is 349 g/mol. The summed E-state index contributed by atoms with van der Waals surface area (Å²) in [4.78, 5) is 12.3. The van der Waals surface area contributed by atoms with Crippen LogP contribution in [-0.4, -0.2) is 20.6 Å². The third kappa shape index (κ3) is 5.16. The van der Waals surface area contributed by atoms with Crippen LogP contribution < -0.4 is 5.32 Å². The van der Waals surface area contributed by atoms with E-state index >= 15 is 0 Å². The summed E-state index contributed by atoms with van der Waals surface area (Å²) >= 11 is 0. The lowest BCUT2D eigenvalue weighted by molar-refractivity contribution is -0.121. The van der Waals surface area contributed by atoms with Gasteiger partial charge in [-0.15, -0.1) is 0 Å². The van der Waals surface area contributed by atoms with Crippen LogP contribution in [0.4, 0.5) is 4.39 Å². The molecule has 0 aliphatic carbocycles. The number of hydrogen-bond donors (Lipinski definition) is 1. The summed E-state index contributed by atoms with van der Waals surface area (Å²) in [5.41, 5.74) is 1.73. The number of rotatable bonds is 6. The molecule has 0 aliphatic heterocycles. The first kappa shape index (κ1) is 18.1. The molecule has 0 bridgehead atoms. The number of nitrogens with one attached hydrogen (secondary N) is 1. The van der Waals surface area contributed by atoms with Crippen LogP contribution in [0.1, 0.15) is 30.5 Å². The molecule has 0 heterocycles. The van der Waals surface area contributed by atoms with Gasteiger partial charge in [0.25, 0.3) is 0 Å². The molecule has 1 amide bonds. The van der Waals surface area contributed by atoms with Crippen molar-refractivity contribution in [2.24, 2.45) is 0 Å². The Hall–Kier alpha value is -2.21. The van der Waals surface area contributed by atoms with Crippen LogP contribution in [0.5, 0.6) is 0 Å². The van der Waals surface area contributed by atoms with Crippen LogP contribution >= 0.6 is 0 Å². The molecule has 2 aromatic carbocycles. The topological polar surface area (TPSA) is 63.2 Å². The van der Waals surface area contributed by atoms with Crippen LogP contribution in [0, 0.1) is 5.82 Å². The second kappa shape index (κ2) is 7.57. The fourth-order valence-corrected chi connectivity index (χ4v) is 2.94. The van der Waals surface area contributed by atoms with E-state index in [2.05, 4.69) is 5.32 Å². The minimum absolute atomic E-state index is 0.112. The quantitative estimate of drug-likeness (QED) is 0.872. The van der Waals surface area contributed by atoms with E-state index in [1.165, 1.54) is 24.3 Å². The van der Waals surface area contributed by atoms with Gasteiger partial charge in [0.15, 0.2) is 9.84 Å². The molecule has 2 rings (SSSR count). The van der Waals surface area contributed by atoms with E-state index < -0.39 is 9.84 Å². The lowest BCUT2D eigenvalue weighted by atomic mass is 10.1. The highest BCUT2D eigenvalue weighted by molar-refractivity contribution is 7.90. The molecule has 0 aliphatic rings. The van der Waals surface area contributed by atoms with Gasteiger partial charge in [0, 0.05) is 12.7 Å². The molecule has 0 aromatic heterocycles. The van der Waals surface area contributed by atoms with E-state index in [1.54, 1.807) is 24.3 Å². The van der Waals surface area contributed by atoms with Gasteiger partial charge in [0.2, 0.25) is 5.91 Å². The van der Waals surface area contributed by atoms with E-state index in [0.717, 1.165) is 17.4 Å². The molecule has 6 heteroatoms. The number of benzene rings is 2. The molecule has 1 N–H and O–H groups in total. The van der Waals surface area contributed by atoms with E-state index in [9.17, 15) is 17.6 Å². The summed E-state index contributed by atoms with van der Waals surface area (Å²) in [6, 6.07) is 12.3. The lowest BCUT2D eigenvalue weighted by Gasteiger charge is -2.15. The van der Waals surface area contributed by atoms with Crippen molar-refractivity contribution in [3.8, 4) is 0 Å². The number of carbonyl (C=O) groups excluding carboxylic acids is 1. The lowest BCUT2D eigenvalue weighted by Crippen LogP contribution is -2.26. The summed E-state index contributed by atoms with van der Waals surface area (Å²) in [6.45, 7) is 1.84. The summed E-state index contributed by atoms with van der Waals surface area (Å²) in [5.74, 6) is -0.409. The maximum atomic E-state index is 12.8. The Labute approximate surface area is 141 Å². The standard InChI is InChI=1S/C18H20FNO3S/c1-13(15-6-10-17(11-7-15)24(2,22)23)20-18(21)12-5-14-3-8-16(19)9-4-14/h3-4,6-11,13H,5,12H2,1-2H3,(H,20,21)/t13-/m1/s1. The van der Waals surface area contributed by atoms with Crippen molar-refractivity contribution in [1.82, 2.24) is 5.32 Å². The van der Waals surface area contributed by atoms with Gasteiger partial charge in [0.1, 0.15) is 5.82 Å².